The van der Waals surface area contributed by atoms with Crippen LogP contribution >= 0.6 is 0 Å². The molecule has 18 heavy (non-hydrogen) atoms. The molecule has 4 nitrogen and oxygen atoms in total. The molecule has 1 atom stereocenters. The van der Waals surface area contributed by atoms with Gasteiger partial charge in [-0.3, -0.25) is 4.79 Å². The van der Waals surface area contributed by atoms with Crippen LogP contribution in [0.15, 0.2) is 12.7 Å². The van der Waals surface area contributed by atoms with Gasteiger partial charge in [0.05, 0.1) is 6.61 Å². The SMILES string of the molecule is C=CC(=O)N(CCCC)C(C)C(=O)OCCCC. The van der Waals surface area contributed by atoms with Crippen LogP contribution in [0.4, 0.5) is 0 Å². The molecule has 1 unspecified atom stereocenters. The van der Waals surface area contributed by atoms with Gasteiger partial charge in [0.1, 0.15) is 6.04 Å². The summed E-state index contributed by atoms with van der Waals surface area (Å²) in [4.78, 5) is 25.0. The van der Waals surface area contributed by atoms with E-state index in [1.54, 1.807) is 6.92 Å². The average molecular weight is 255 g/mol. The van der Waals surface area contributed by atoms with Crippen molar-refractivity contribution in [3.63, 3.8) is 0 Å². The first-order chi connectivity index (χ1) is 8.58. The molecule has 0 fully saturated rings. The van der Waals surface area contributed by atoms with Gasteiger partial charge in [-0.1, -0.05) is 33.3 Å². The highest BCUT2D eigenvalue weighted by Crippen LogP contribution is 2.06. The molecule has 104 valence electrons. The lowest BCUT2D eigenvalue weighted by Gasteiger charge is -2.26. The summed E-state index contributed by atoms with van der Waals surface area (Å²) in [6, 6.07) is -0.543. The number of nitrogens with zero attached hydrogens (tertiary/aromatic N) is 1. The first-order valence-electron chi connectivity index (χ1n) is 6.68. The quantitative estimate of drug-likeness (QED) is 0.361. The maximum Gasteiger partial charge on any atom is 0.328 e. The summed E-state index contributed by atoms with van der Waals surface area (Å²) in [5.41, 5.74) is 0. The molecule has 0 aliphatic heterocycles. The summed E-state index contributed by atoms with van der Waals surface area (Å²) in [6.07, 6.45) is 4.91. The maximum absolute atomic E-state index is 11.8. The Bertz CT molecular complexity index is 276. The minimum atomic E-state index is -0.543. The van der Waals surface area contributed by atoms with Crippen molar-refractivity contribution in [2.24, 2.45) is 0 Å². The van der Waals surface area contributed by atoms with Crippen LogP contribution in [-0.2, 0) is 14.3 Å². The van der Waals surface area contributed by atoms with Gasteiger partial charge >= 0.3 is 5.97 Å². The summed E-state index contributed by atoms with van der Waals surface area (Å²) in [5, 5.41) is 0. The Morgan fingerprint density at radius 1 is 1.28 bits per heavy atom. The fourth-order valence-electron chi connectivity index (χ4n) is 1.51. The molecular formula is C14H25NO3. The molecule has 0 radical (unpaired) electrons. The van der Waals surface area contributed by atoms with Gasteiger partial charge in [0.25, 0.3) is 0 Å². The Balaban J connectivity index is 4.42. The van der Waals surface area contributed by atoms with Crippen molar-refractivity contribution in [1.29, 1.82) is 0 Å². The van der Waals surface area contributed by atoms with E-state index in [0.717, 1.165) is 25.7 Å². The largest absolute Gasteiger partial charge is 0.464 e. The van der Waals surface area contributed by atoms with Crippen molar-refractivity contribution in [1.82, 2.24) is 4.90 Å². The molecule has 0 aromatic carbocycles. The zero-order valence-corrected chi connectivity index (χ0v) is 11.8. The topological polar surface area (TPSA) is 46.6 Å². The highest BCUT2D eigenvalue weighted by molar-refractivity contribution is 5.91. The predicted molar refractivity (Wildman–Crippen MR) is 72.1 cm³/mol. The third kappa shape index (κ3) is 5.84. The Morgan fingerprint density at radius 3 is 2.39 bits per heavy atom. The molecule has 0 aromatic heterocycles. The predicted octanol–water partition coefficient (Wildman–Crippen LogP) is 2.53. The van der Waals surface area contributed by atoms with E-state index in [1.807, 2.05) is 13.8 Å². The summed E-state index contributed by atoms with van der Waals surface area (Å²) in [6.45, 7) is 10.2. The lowest BCUT2D eigenvalue weighted by atomic mass is 10.2. The Kier molecular flexibility index (Phi) is 8.97. The van der Waals surface area contributed by atoms with Crippen LogP contribution < -0.4 is 0 Å². The Morgan fingerprint density at radius 2 is 1.89 bits per heavy atom. The minimum absolute atomic E-state index is 0.219. The van der Waals surface area contributed by atoms with Crippen molar-refractivity contribution in [2.45, 2.75) is 52.5 Å². The average Bonchev–Trinajstić information content (AvgIpc) is 2.38. The smallest absolute Gasteiger partial charge is 0.328 e. The third-order valence-electron chi connectivity index (χ3n) is 2.76. The van der Waals surface area contributed by atoms with Gasteiger partial charge in [-0.25, -0.2) is 4.79 Å². The van der Waals surface area contributed by atoms with Crippen molar-refractivity contribution in [3.05, 3.63) is 12.7 Å². The second kappa shape index (κ2) is 9.68. The summed E-state index contributed by atoms with van der Waals surface area (Å²) in [7, 11) is 0. The van der Waals surface area contributed by atoms with E-state index in [0.29, 0.717) is 13.2 Å². The van der Waals surface area contributed by atoms with Crippen LogP contribution in [0.2, 0.25) is 0 Å². The van der Waals surface area contributed by atoms with Crippen LogP contribution in [0.1, 0.15) is 46.5 Å². The molecule has 0 heterocycles. The van der Waals surface area contributed by atoms with Crippen LogP contribution in [0, 0.1) is 0 Å². The fraction of sp³-hybridized carbons (Fsp3) is 0.714. The molecule has 0 aliphatic carbocycles. The van der Waals surface area contributed by atoms with E-state index in [-0.39, 0.29) is 11.9 Å². The van der Waals surface area contributed by atoms with Gasteiger partial charge in [0.2, 0.25) is 5.91 Å². The number of amides is 1. The second-order valence-corrected chi connectivity index (χ2v) is 4.29. The van der Waals surface area contributed by atoms with Gasteiger partial charge in [0, 0.05) is 6.54 Å². The van der Waals surface area contributed by atoms with Crippen LogP contribution in [0.3, 0.4) is 0 Å². The third-order valence-corrected chi connectivity index (χ3v) is 2.76. The van der Waals surface area contributed by atoms with Crippen LogP contribution in [-0.4, -0.2) is 36.0 Å². The van der Waals surface area contributed by atoms with Gasteiger partial charge < -0.3 is 9.64 Å². The Hall–Kier alpha value is -1.32. The second-order valence-electron chi connectivity index (χ2n) is 4.29. The number of esters is 1. The molecule has 0 spiro atoms. The molecule has 0 saturated carbocycles. The molecule has 0 rings (SSSR count). The standard InChI is InChI=1S/C14H25NO3/c1-5-8-10-15(13(16)7-3)12(4)14(17)18-11-9-6-2/h7,12H,3,5-6,8-11H2,1-2,4H3. The number of carbonyl (C=O) groups excluding carboxylic acids is 2. The summed E-state index contributed by atoms with van der Waals surface area (Å²) in [5.74, 6) is -0.557. The normalized spacial score (nSPS) is 11.7. The Labute approximate surface area is 110 Å². The summed E-state index contributed by atoms with van der Waals surface area (Å²) < 4.78 is 5.13. The zero-order valence-electron chi connectivity index (χ0n) is 11.8. The van der Waals surface area contributed by atoms with E-state index in [4.69, 9.17) is 4.74 Å². The van der Waals surface area contributed by atoms with E-state index in [1.165, 1.54) is 11.0 Å². The number of unbranched alkanes of at least 4 members (excludes halogenated alkanes) is 2. The van der Waals surface area contributed by atoms with Gasteiger partial charge in [0.15, 0.2) is 0 Å². The fourth-order valence-corrected chi connectivity index (χ4v) is 1.51. The van der Waals surface area contributed by atoms with E-state index in [2.05, 4.69) is 6.58 Å². The number of hydrogen-bond acceptors (Lipinski definition) is 3. The van der Waals surface area contributed by atoms with E-state index >= 15 is 0 Å². The highest BCUT2D eigenvalue weighted by Gasteiger charge is 2.24. The van der Waals surface area contributed by atoms with E-state index in [9.17, 15) is 9.59 Å². The molecule has 0 aromatic rings. The first-order valence-corrected chi connectivity index (χ1v) is 6.68. The molecule has 0 N–H and O–H groups in total. The highest BCUT2D eigenvalue weighted by atomic mass is 16.5. The van der Waals surface area contributed by atoms with Crippen molar-refractivity contribution >= 4 is 11.9 Å². The molecule has 0 saturated heterocycles. The molecular weight excluding hydrogens is 230 g/mol. The number of hydrogen-bond donors (Lipinski definition) is 0. The van der Waals surface area contributed by atoms with Gasteiger partial charge in [-0.2, -0.15) is 0 Å². The maximum atomic E-state index is 11.8. The van der Waals surface area contributed by atoms with Crippen molar-refractivity contribution in [2.75, 3.05) is 13.2 Å². The van der Waals surface area contributed by atoms with Crippen molar-refractivity contribution in [3.8, 4) is 0 Å². The molecule has 1 amide bonds. The van der Waals surface area contributed by atoms with Crippen LogP contribution in [0.25, 0.3) is 0 Å². The van der Waals surface area contributed by atoms with Gasteiger partial charge in [-0.15, -0.1) is 0 Å². The lowest BCUT2D eigenvalue weighted by Crippen LogP contribution is -2.43. The number of carbonyl (C=O) groups is 2. The zero-order chi connectivity index (χ0) is 14.0. The number of rotatable bonds is 9. The lowest BCUT2D eigenvalue weighted by molar-refractivity contribution is -0.153. The number of ether oxygens (including phenoxy) is 1. The monoisotopic (exact) mass is 255 g/mol. The molecule has 0 aliphatic rings. The molecule has 4 heteroatoms. The van der Waals surface area contributed by atoms with Crippen LogP contribution in [0.5, 0.6) is 0 Å². The summed E-state index contributed by atoms with van der Waals surface area (Å²) >= 11 is 0. The van der Waals surface area contributed by atoms with E-state index < -0.39 is 6.04 Å². The minimum Gasteiger partial charge on any atom is -0.464 e. The van der Waals surface area contributed by atoms with Gasteiger partial charge in [-0.05, 0) is 25.8 Å². The molecule has 0 bridgehead atoms. The van der Waals surface area contributed by atoms with Crippen molar-refractivity contribution < 1.29 is 14.3 Å². The first kappa shape index (κ1) is 16.7.